The standard InChI is InChI=1S/C7H10N2O2S/c8-6-12(10,11)9-7-4-2-1-3-5-7/h1-5,9H,6,8H2. The van der Waals surface area contributed by atoms with Gasteiger partial charge in [-0.05, 0) is 12.1 Å². The third-order valence-electron chi connectivity index (χ3n) is 1.27. The maximum absolute atomic E-state index is 10.9. The highest BCUT2D eigenvalue weighted by atomic mass is 32.2. The van der Waals surface area contributed by atoms with E-state index < -0.39 is 15.9 Å². The number of nitrogens with one attached hydrogen (secondary N) is 1. The Morgan fingerprint density at radius 2 is 1.83 bits per heavy atom. The molecule has 66 valence electrons. The van der Waals surface area contributed by atoms with E-state index in [0.29, 0.717) is 5.69 Å². The monoisotopic (exact) mass is 186 g/mol. The van der Waals surface area contributed by atoms with Gasteiger partial charge in [-0.1, -0.05) is 18.2 Å². The van der Waals surface area contributed by atoms with Gasteiger partial charge in [-0.15, -0.1) is 0 Å². The van der Waals surface area contributed by atoms with E-state index in [2.05, 4.69) is 4.72 Å². The Morgan fingerprint density at radius 1 is 1.25 bits per heavy atom. The Hall–Kier alpha value is -1.07. The van der Waals surface area contributed by atoms with E-state index in [9.17, 15) is 8.42 Å². The molecule has 0 spiro atoms. The molecule has 0 aliphatic carbocycles. The maximum atomic E-state index is 10.9. The first kappa shape index (κ1) is 9.02. The van der Waals surface area contributed by atoms with Gasteiger partial charge in [-0.2, -0.15) is 0 Å². The van der Waals surface area contributed by atoms with E-state index in [1.165, 1.54) is 0 Å². The second-order valence-corrected chi connectivity index (χ2v) is 4.02. The molecule has 0 aromatic heterocycles. The van der Waals surface area contributed by atoms with Crippen LogP contribution in [-0.4, -0.2) is 14.3 Å². The van der Waals surface area contributed by atoms with Crippen molar-refractivity contribution in [3.8, 4) is 0 Å². The number of rotatable bonds is 3. The van der Waals surface area contributed by atoms with Crippen molar-refractivity contribution in [3.05, 3.63) is 30.3 Å². The number of nitrogens with two attached hydrogens (primary N) is 1. The summed E-state index contributed by atoms with van der Waals surface area (Å²) in [7, 11) is -3.34. The van der Waals surface area contributed by atoms with Crippen LogP contribution in [0.15, 0.2) is 30.3 Å². The molecular formula is C7H10N2O2S. The van der Waals surface area contributed by atoms with Gasteiger partial charge in [0.15, 0.2) is 0 Å². The van der Waals surface area contributed by atoms with Crippen LogP contribution in [0.25, 0.3) is 0 Å². The van der Waals surface area contributed by atoms with Crippen LogP contribution in [0.2, 0.25) is 0 Å². The predicted molar refractivity (Wildman–Crippen MR) is 48.0 cm³/mol. The summed E-state index contributed by atoms with van der Waals surface area (Å²) in [5.74, 6) is -0.401. The van der Waals surface area contributed by atoms with Crippen molar-refractivity contribution in [3.63, 3.8) is 0 Å². The molecule has 0 heterocycles. The molecule has 0 unspecified atom stereocenters. The molecule has 0 amide bonds. The minimum atomic E-state index is -3.34. The molecule has 1 aromatic rings. The summed E-state index contributed by atoms with van der Waals surface area (Å²) in [4.78, 5) is 0. The molecule has 1 aromatic carbocycles. The lowest BCUT2D eigenvalue weighted by molar-refractivity contribution is 0.601. The van der Waals surface area contributed by atoms with Crippen LogP contribution in [0.3, 0.4) is 0 Å². The number of sulfonamides is 1. The fraction of sp³-hybridized carbons (Fsp3) is 0.143. The molecule has 5 heteroatoms. The van der Waals surface area contributed by atoms with Crippen LogP contribution in [0.4, 0.5) is 5.69 Å². The number of benzene rings is 1. The van der Waals surface area contributed by atoms with Crippen molar-refractivity contribution in [1.82, 2.24) is 0 Å². The predicted octanol–water partition coefficient (Wildman–Crippen LogP) is 0.344. The number of anilines is 1. The first-order chi connectivity index (χ1) is 5.64. The minimum Gasteiger partial charge on any atom is -0.316 e. The molecule has 0 aliphatic heterocycles. The third-order valence-corrected chi connectivity index (χ3v) is 2.25. The van der Waals surface area contributed by atoms with Gasteiger partial charge < -0.3 is 5.73 Å². The van der Waals surface area contributed by atoms with Crippen LogP contribution < -0.4 is 10.5 Å². The molecule has 0 atom stereocenters. The molecule has 0 fully saturated rings. The third kappa shape index (κ3) is 2.52. The van der Waals surface area contributed by atoms with Crippen molar-refractivity contribution in [2.45, 2.75) is 0 Å². The fourth-order valence-corrected chi connectivity index (χ4v) is 1.31. The zero-order chi connectivity index (χ0) is 9.03. The van der Waals surface area contributed by atoms with Crippen molar-refractivity contribution < 1.29 is 8.42 Å². The second kappa shape index (κ2) is 3.55. The molecule has 0 aliphatic rings. The number of hydrogen-bond acceptors (Lipinski definition) is 3. The highest BCUT2D eigenvalue weighted by Gasteiger charge is 2.04. The largest absolute Gasteiger partial charge is 0.316 e. The molecule has 0 saturated carbocycles. The first-order valence-electron chi connectivity index (χ1n) is 3.40. The van der Waals surface area contributed by atoms with E-state index >= 15 is 0 Å². The quantitative estimate of drug-likeness (QED) is 0.715. The Bertz CT molecular complexity index is 334. The average molecular weight is 186 g/mol. The van der Waals surface area contributed by atoms with Gasteiger partial charge in [-0.3, -0.25) is 4.72 Å². The van der Waals surface area contributed by atoms with E-state index in [4.69, 9.17) is 5.73 Å². The topological polar surface area (TPSA) is 72.2 Å². The SMILES string of the molecule is NCS(=O)(=O)Nc1ccccc1. The summed E-state index contributed by atoms with van der Waals surface area (Å²) in [5.41, 5.74) is 5.53. The molecule has 4 nitrogen and oxygen atoms in total. The molecular weight excluding hydrogens is 176 g/mol. The number of hydrogen-bond donors (Lipinski definition) is 2. The fourth-order valence-electron chi connectivity index (χ4n) is 0.727. The van der Waals surface area contributed by atoms with Crippen LogP contribution in [0.5, 0.6) is 0 Å². The second-order valence-electron chi connectivity index (χ2n) is 2.25. The Morgan fingerprint density at radius 3 is 2.33 bits per heavy atom. The Balaban J connectivity index is 2.78. The lowest BCUT2D eigenvalue weighted by Crippen LogP contribution is -2.21. The highest BCUT2D eigenvalue weighted by Crippen LogP contribution is 2.06. The minimum absolute atomic E-state index is 0.401. The first-order valence-corrected chi connectivity index (χ1v) is 5.05. The van der Waals surface area contributed by atoms with Crippen molar-refractivity contribution in [1.29, 1.82) is 0 Å². The van der Waals surface area contributed by atoms with E-state index in [-0.39, 0.29) is 0 Å². The van der Waals surface area contributed by atoms with E-state index in [1.807, 2.05) is 0 Å². The molecule has 0 saturated heterocycles. The van der Waals surface area contributed by atoms with Gasteiger partial charge in [0.25, 0.3) is 0 Å². The molecule has 0 radical (unpaired) electrons. The van der Waals surface area contributed by atoms with Gasteiger partial charge in [0.1, 0.15) is 5.88 Å². The van der Waals surface area contributed by atoms with Crippen LogP contribution in [0, 0.1) is 0 Å². The lowest BCUT2D eigenvalue weighted by Gasteiger charge is -2.03. The lowest BCUT2D eigenvalue weighted by atomic mass is 10.3. The van der Waals surface area contributed by atoms with Gasteiger partial charge in [0.2, 0.25) is 10.0 Å². The number of para-hydroxylation sites is 1. The summed E-state index contributed by atoms with van der Waals surface area (Å²) in [6.07, 6.45) is 0. The van der Waals surface area contributed by atoms with Crippen molar-refractivity contribution in [2.75, 3.05) is 10.6 Å². The average Bonchev–Trinajstić information content (AvgIpc) is 2.06. The van der Waals surface area contributed by atoms with Crippen LogP contribution in [0.1, 0.15) is 0 Å². The van der Waals surface area contributed by atoms with Crippen molar-refractivity contribution >= 4 is 15.7 Å². The van der Waals surface area contributed by atoms with Crippen molar-refractivity contribution in [2.24, 2.45) is 5.73 Å². The maximum Gasteiger partial charge on any atom is 0.245 e. The Kier molecular flexibility index (Phi) is 2.67. The normalized spacial score (nSPS) is 11.1. The zero-order valence-electron chi connectivity index (χ0n) is 6.40. The summed E-state index contributed by atoms with van der Waals surface area (Å²) in [6.45, 7) is 0. The smallest absolute Gasteiger partial charge is 0.245 e. The van der Waals surface area contributed by atoms with Crippen LogP contribution >= 0.6 is 0 Å². The summed E-state index contributed by atoms with van der Waals surface area (Å²) < 4.78 is 24.2. The molecule has 0 bridgehead atoms. The van der Waals surface area contributed by atoms with Crippen LogP contribution in [-0.2, 0) is 10.0 Å². The molecule has 3 N–H and O–H groups in total. The van der Waals surface area contributed by atoms with Gasteiger partial charge >= 0.3 is 0 Å². The summed E-state index contributed by atoms with van der Waals surface area (Å²) in [6, 6.07) is 8.61. The van der Waals surface area contributed by atoms with E-state index in [1.54, 1.807) is 30.3 Å². The zero-order valence-corrected chi connectivity index (χ0v) is 7.21. The summed E-state index contributed by atoms with van der Waals surface area (Å²) in [5, 5.41) is 0. The highest BCUT2D eigenvalue weighted by molar-refractivity contribution is 7.92. The molecule has 1 rings (SSSR count). The van der Waals surface area contributed by atoms with E-state index in [0.717, 1.165) is 0 Å². The van der Waals surface area contributed by atoms with Gasteiger partial charge in [0.05, 0.1) is 0 Å². The Labute approximate surface area is 71.4 Å². The van der Waals surface area contributed by atoms with Gasteiger partial charge in [-0.25, -0.2) is 8.42 Å². The van der Waals surface area contributed by atoms with Gasteiger partial charge in [0, 0.05) is 5.69 Å². The summed E-state index contributed by atoms with van der Waals surface area (Å²) >= 11 is 0. The molecule has 12 heavy (non-hydrogen) atoms.